The molecule has 0 aromatic heterocycles. The first kappa shape index (κ1) is 13.7. The standard InChI is InChI=1S/C14H15ClN2O2/c15-10-4-5-11(12(18)8-10)13(19)17-14(9-16)6-2-1-3-7-14/h4-5,8,18H,1-3,6-7H2,(H,17,19). The summed E-state index contributed by atoms with van der Waals surface area (Å²) in [6.45, 7) is 0. The Bertz CT molecular complexity index is 531. The van der Waals surface area contributed by atoms with Gasteiger partial charge < -0.3 is 10.4 Å². The van der Waals surface area contributed by atoms with E-state index in [2.05, 4.69) is 11.4 Å². The molecule has 1 amide bonds. The number of benzene rings is 1. The summed E-state index contributed by atoms with van der Waals surface area (Å²) in [6.07, 6.45) is 4.26. The smallest absolute Gasteiger partial charge is 0.256 e. The number of phenols is 1. The third-order valence-corrected chi connectivity index (χ3v) is 3.71. The molecule has 0 atom stereocenters. The van der Waals surface area contributed by atoms with Gasteiger partial charge in [-0.25, -0.2) is 0 Å². The molecule has 0 unspecified atom stereocenters. The predicted molar refractivity (Wildman–Crippen MR) is 72.0 cm³/mol. The Morgan fingerprint density at radius 2 is 2.05 bits per heavy atom. The van der Waals surface area contributed by atoms with E-state index in [0.29, 0.717) is 17.9 Å². The van der Waals surface area contributed by atoms with E-state index in [1.165, 1.54) is 18.2 Å². The van der Waals surface area contributed by atoms with E-state index in [9.17, 15) is 15.2 Å². The Hall–Kier alpha value is -1.73. The fourth-order valence-electron chi connectivity index (χ4n) is 2.40. The third kappa shape index (κ3) is 2.99. The predicted octanol–water partition coefficient (Wildman–Crippen LogP) is 3.00. The van der Waals surface area contributed by atoms with E-state index in [0.717, 1.165) is 19.3 Å². The summed E-state index contributed by atoms with van der Waals surface area (Å²) >= 11 is 5.72. The Labute approximate surface area is 117 Å². The van der Waals surface area contributed by atoms with Gasteiger partial charge in [-0.1, -0.05) is 30.9 Å². The summed E-state index contributed by atoms with van der Waals surface area (Å²) in [4.78, 5) is 12.1. The Morgan fingerprint density at radius 3 is 2.63 bits per heavy atom. The van der Waals surface area contributed by atoms with E-state index in [-0.39, 0.29) is 11.3 Å². The fraction of sp³-hybridized carbons (Fsp3) is 0.429. The summed E-state index contributed by atoms with van der Waals surface area (Å²) in [5.74, 6) is -0.605. The van der Waals surface area contributed by atoms with Gasteiger partial charge in [0.05, 0.1) is 11.6 Å². The number of halogens is 1. The van der Waals surface area contributed by atoms with Crippen molar-refractivity contribution in [3.63, 3.8) is 0 Å². The average Bonchev–Trinajstić information content (AvgIpc) is 2.39. The van der Waals surface area contributed by atoms with E-state index < -0.39 is 11.4 Å². The van der Waals surface area contributed by atoms with Crippen molar-refractivity contribution in [2.24, 2.45) is 0 Å². The molecule has 1 aromatic carbocycles. The van der Waals surface area contributed by atoms with Crippen LogP contribution in [0, 0.1) is 11.3 Å². The molecule has 0 aliphatic heterocycles. The van der Waals surface area contributed by atoms with E-state index in [4.69, 9.17) is 11.6 Å². The lowest BCUT2D eigenvalue weighted by atomic mass is 9.82. The molecule has 0 spiro atoms. The first-order valence-electron chi connectivity index (χ1n) is 6.29. The number of rotatable bonds is 2. The lowest BCUT2D eigenvalue weighted by molar-refractivity contribution is 0.0900. The molecule has 5 heteroatoms. The summed E-state index contributed by atoms with van der Waals surface area (Å²) in [5, 5.41) is 22.1. The SMILES string of the molecule is N#CC1(NC(=O)c2ccc(Cl)cc2O)CCCCC1. The van der Waals surface area contributed by atoms with Gasteiger partial charge in [0.15, 0.2) is 0 Å². The molecule has 19 heavy (non-hydrogen) atoms. The van der Waals surface area contributed by atoms with Gasteiger partial charge in [0.1, 0.15) is 11.3 Å². The summed E-state index contributed by atoms with van der Waals surface area (Å²) < 4.78 is 0. The number of aromatic hydroxyl groups is 1. The molecule has 1 aromatic rings. The molecule has 4 nitrogen and oxygen atoms in total. The van der Waals surface area contributed by atoms with Crippen molar-refractivity contribution in [2.45, 2.75) is 37.6 Å². The van der Waals surface area contributed by atoms with Crippen LogP contribution in [0.25, 0.3) is 0 Å². The molecule has 1 fully saturated rings. The highest BCUT2D eigenvalue weighted by molar-refractivity contribution is 6.30. The van der Waals surface area contributed by atoms with Gasteiger partial charge in [-0.3, -0.25) is 4.79 Å². The first-order valence-corrected chi connectivity index (χ1v) is 6.66. The number of nitriles is 1. The van der Waals surface area contributed by atoms with Crippen LogP contribution in [0.5, 0.6) is 5.75 Å². The largest absolute Gasteiger partial charge is 0.507 e. The summed E-state index contributed by atoms with van der Waals surface area (Å²) in [6, 6.07) is 6.52. The van der Waals surface area contributed by atoms with Crippen LogP contribution in [0.3, 0.4) is 0 Å². The third-order valence-electron chi connectivity index (χ3n) is 3.48. The van der Waals surface area contributed by atoms with Crippen LogP contribution in [-0.4, -0.2) is 16.6 Å². The number of hydrogen-bond acceptors (Lipinski definition) is 3. The van der Waals surface area contributed by atoms with E-state index in [1.54, 1.807) is 0 Å². The van der Waals surface area contributed by atoms with Gasteiger partial charge in [0.2, 0.25) is 0 Å². The highest BCUT2D eigenvalue weighted by Gasteiger charge is 2.34. The van der Waals surface area contributed by atoms with Crippen LogP contribution in [0.4, 0.5) is 0 Å². The lowest BCUT2D eigenvalue weighted by Crippen LogP contribution is -2.48. The van der Waals surface area contributed by atoms with Gasteiger partial charge in [-0.15, -0.1) is 0 Å². The molecule has 100 valence electrons. The molecule has 0 heterocycles. The van der Waals surface area contributed by atoms with Gasteiger partial charge in [-0.05, 0) is 31.0 Å². The van der Waals surface area contributed by atoms with Crippen LogP contribution >= 0.6 is 11.6 Å². The molecular formula is C14H15ClN2O2. The molecular weight excluding hydrogens is 264 g/mol. The quantitative estimate of drug-likeness (QED) is 0.873. The van der Waals surface area contributed by atoms with Crippen molar-refractivity contribution in [2.75, 3.05) is 0 Å². The van der Waals surface area contributed by atoms with Gasteiger partial charge in [0, 0.05) is 5.02 Å². The zero-order valence-corrected chi connectivity index (χ0v) is 11.2. The monoisotopic (exact) mass is 278 g/mol. The van der Waals surface area contributed by atoms with Crippen LogP contribution in [-0.2, 0) is 0 Å². The van der Waals surface area contributed by atoms with E-state index in [1.807, 2.05) is 0 Å². The maximum Gasteiger partial charge on any atom is 0.256 e. The van der Waals surface area contributed by atoms with Crippen LogP contribution < -0.4 is 5.32 Å². The van der Waals surface area contributed by atoms with Crippen molar-refractivity contribution in [3.8, 4) is 11.8 Å². The second-order valence-corrected chi connectivity index (χ2v) is 5.31. The number of nitrogens with zero attached hydrogens (tertiary/aromatic N) is 1. The number of nitrogens with one attached hydrogen (secondary N) is 1. The summed E-state index contributed by atoms with van der Waals surface area (Å²) in [7, 11) is 0. The maximum atomic E-state index is 12.1. The second kappa shape index (κ2) is 5.50. The highest BCUT2D eigenvalue weighted by Crippen LogP contribution is 2.29. The molecule has 0 radical (unpaired) electrons. The Balaban J connectivity index is 2.18. The van der Waals surface area contributed by atoms with Crippen molar-refractivity contribution < 1.29 is 9.90 Å². The fourth-order valence-corrected chi connectivity index (χ4v) is 2.57. The molecule has 1 saturated carbocycles. The van der Waals surface area contributed by atoms with Gasteiger partial charge in [0.25, 0.3) is 5.91 Å². The zero-order valence-electron chi connectivity index (χ0n) is 10.4. The van der Waals surface area contributed by atoms with Crippen LogP contribution in [0.1, 0.15) is 42.5 Å². The van der Waals surface area contributed by atoms with Gasteiger partial charge >= 0.3 is 0 Å². The van der Waals surface area contributed by atoms with Crippen molar-refractivity contribution >= 4 is 17.5 Å². The highest BCUT2D eigenvalue weighted by atomic mass is 35.5. The number of hydrogen-bond donors (Lipinski definition) is 2. The average molecular weight is 279 g/mol. The van der Waals surface area contributed by atoms with Crippen LogP contribution in [0.2, 0.25) is 5.02 Å². The summed E-state index contributed by atoms with van der Waals surface area (Å²) in [5.41, 5.74) is -0.661. The lowest BCUT2D eigenvalue weighted by Gasteiger charge is -2.31. The number of amides is 1. The van der Waals surface area contributed by atoms with Crippen molar-refractivity contribution in [3.05, 3.63) is 28.8 Å². The Kier molecular flexibility index (Phi) is 3.96. The second-order valence-electron chi connectivity index (χ2n) is 4.87. The number of carbonyl (C=O) groups is 1. The zero-order chi connectivity index (χ0) is 13.9. The molecule has 1 aliphatic rings. The minimum Gasteiger partial charge on any atom is -0.507 e. The van der Waals surface area contributed by atoms with Crippen molar-refractivity contribution in [1.82, 2.24) is 5.32 Å². The Morgan fingerprint density at radius 1 is 1.37 bits per heavy atom. The molecule has 2 N–H and O–H groups in total. The minimum atomic E-state index is -0.804. The van der Waals surface area contributed by atoms with Gasteiger partial charge in [-0.2, -0.15) is 5.26 Å². The van der Waals surface area contributed by atoms with E-state index >= 15 is 0 Å². The van der Waals surface area contributed by atoms with Crippen molar-refractivity contribution in [1.29, 1.82) is 5.26 Å². The minimum absolute atomic E-state index is 0.143. The number of carbonyl (C=O) groups excluding carboxylic acids is 1. The molecule has 0 saturated heterocycles. The van der Waals surface area contributed by atoms with Crippen LogP contribution in [0.15, 0.2) is 18.2 Å². The molecule has 1 aliphatic carbocycles. The maximum absolute atomic E-state index is 12.1. The molecule has 2 rings (SSSR count). The topological polar surface area (TPSA) is 73.1 Å². The number of phenolic OH excluding ortho intramolecular Hbond substituents is 1. The normalized spacial score (nSPS) is 17.5. The molecule has 0 bridgehead atoms. The first-order chi connectivity index (χ1) is 9.06.